The SMILES string of the molecule is C[C@@H]1OC(=O)C[C@@H]1C. The number of rotatable bonds is 0. The van der Waals surface area contributed by atoms with Crippen LogP contribution in [0.4, 0.5) is 0 Å². The number of hydrogen-bond donors (Lipinski definition) is 0. The molecule has 1 aliphatic heterocycles. The van der Waals surface area contributed by atoms with Crippen LogP contribution in [0.2, 0.25) is 0 Å². The topological polar surface area (TPSA) is 26.3 Å². The summed E-state index contributed by atoms with van der Waals surface area (Å²) < 4.78 is 4.83. The van der Waals surface area contributed by atoms with Gasteiger partial charge in [0.15, 0.2) is 0 Å². The number of carbonyl (C=O) groups excluding carboxylic acids is 1. The van der Waals surface area contributed by atoms with Crippen LogP contribution >= 0.6 is 0 Å². The Labute approximate surface area is 48.8 Å². The molecule has 1 saturated heterocycles. The molecule has 0 aromatic rings. The first-order chi connectivity index (χ1) is 3.70. The van der Waals surface area contributed by atoms with E-state index in [1.165, 1.54) is 0 Å². The largest absolute Gasteiger partial charge is 0.462 e. The molecule has 1 aliphatic rings. The minimum atomic E-state index is -0.0509. The smallest absolute Gasteiger partial charge is 0.306 e. The Morgan fingerprint density at radius 1 is 1.62 bits per heavy atom. The number of ether oxygens (including phenoxy) is 1. The van der Waals surface area contributed by atoms with Gasteiger partial charge in [-0.15, -0.1) is 0 Å². The fourth-order valence-corrected chi connectivity index (χ4v) is 0.800. The zero-order chi connectivity index (χ0) is 6.15. The Bertz CT molecular complexity index is 97.1. The molecule has 0 amide bonds. The molecule has 0 N–H and O–H groups in total. The fourth-order valence-electron chi connectivity index (χ4n) is 0.800. The van der Waals surface area contributed by atoms with E-state index in [4.69, 9.17) is 4.74 Å². The van der Waals surface area contributed by atoms with Crippen molar-refractivity contribution in [2.24, 2.45) is 5.92 Å². The highest BCUT2D eigenvalue weighted by atomic mass is 16.5. The maximum atomic E-state index is 10.4. The van der Waals surface area contributed by atoms with Gasteiger partial charge in [0, 0.05) is 5.92 Å². The van der Waals surface area contributed by atoms with Crippen molar-refractivity contribution in [3.63, 3.8) is 0 Å². The third kappa shape index (κ3) is 0.831. The van der Waals surface area contributed by atoms with E-state index in [1.54, 1.807) is 0 Å². The standard InChI is InChI=1S/C6H10O2/c1-4-3-6(7)8-5(4)2/h4-5H,3H2,1-2H3/t4-,5-/m0/s1. The van der Waals surface area contributed by atoms with Gasteiger partial charge in [-0.3, -0.25) is 4.79 Å². The molecule has 0 radical (unpaired) electrons. The lowest BCUT2D eigenvalue weighted by Crippen LogP contribution is -2.06. The van der Waals surface area contributed by atoms with Crippen molar-refractivity contribution in [1.29, 1.82) is 0 Å². The minimum absolute atomic E-state index is 0.0509. The highest BCUT2D eigenvalue weighted by molar-refractivity contribution is 5.71. The van der Waals surface area contributed by atoms with E-state index in [1.807, 2.05) is 13.8 Å². The Kier molecular flexibility index (Phi) is 1.24. The third-order valence-electron chi connectivity index (χ3n) is 1.61. The van der Waals surface area contributed by atoms with E-state index >= 15 is 0 Å². The van der Waals surface area contributed by atoms with Gasteiger partial charge in [-0.05, 0) is 6.92 Å². The Morgan fingerprint density at radius 2 is 2.25 bits per heavy atom. The Hall–Kier alpha value is -0.530. The van der Waals surface area contributed by atoms with Crippen LogP contribution in [-0.4, -0.2) is 12.1 Å². The van der Waals surface area contributed by atoms with Crippen molar-refractivity contribution in [3.05, 3.63) is 0 Å². The quantitative estimate of drug-likeness (QED) is 0.438. The molecule has 1 heterocycles. The molecule has 0 aromatic heterocycles. The van der Waals surface area contributed by atoms with Gasteiger partial charge in [-0.1, -0.05) is 6.92 Å². The Morgan fingerprint density at radius 3 is 2.38 bits per heavy atom. The maximum absolute atomic E-state index is 10.4. The molecule has 8 heavy (non-hydrogen) atoms. The summed E-state index contributed by atoms with van der Waals surface area (Å²) in [6, 6.07) is 0. The number of esters is 1. The van der Waals surface area contributed by atoms with Gasteiger partial charge >= 0.3 is 5.97 Å². The van der Waals surface area contributed by atoms with Crippen LogP contribution in [0.5, 0.6) is 0 Å². The van der Waals surface area contributed by atoms with E-state index in [0.29, 0.717) is 12.3 Å². The first-order valence-corrected chi connectivity index (χ1v) is 2.89. The zero-order valence-corrected chi connectivity index (χ0v) is 5.18. The lowest BCUT2D eigenvalue weighted by Gasteiger charge is -2.03. The van der Waals surface area contributed by atoms with E-state index in [0.717, 1.165) is 0 Å². The molecular weight excluding hydrogens is 104 g/mol. The van der Waals surface area contributed by atoms with Crippen molar-refractivity contribution >= 4 is 5.97 Å². The molecule has 2 atom stereocenters. The molecule has 1 fully saturated rings. The van der Waals surface area contributed by atoms with Gasteiger partial charge in [0.05, 0.1) is 6.42 Å². The predicted molar refractivity (Wildman–Crippen MR) is 29.3 cm³/mol. The van der Waals surface area contributed by atoms with Crippen molar-refractivity contribution in [3.8, 4) is 0 Å². The highest BCUT2D eigenvalue weighted by Crippen LogP contribution is 2.19. The molecule has 0 unspecified atom stereocenters. The van der Waals surface area contributed by atoms with Crippen molar-refractivity contribution in [1.82, 2.24) is 0 Å². The van der Waals surface area contributed by atoms with Gasteiger partial charge < -0.3 is 4.74 Å². The fraction of sp³-hybridized carbons (Fsp3) is 0.833. The van der Waals surface area contributed by atoms with E-state index in [9.17, 15) is 4.79 Å². The number of cyclic esters (lactones) is 1. The normalized spacial score (nSPS) is 37.5. The van der Waals surface area contributed by atoms with Gasteiger partial charge in [-0.2, -0.15) is 0 Å². The molecule has 0 aromatic carbocycles. The average Bonchev–Trinajstić information content (AvgIpc) is 1.85. The van der Waals surface area contributed by atoms with E-state index in [2.05, 4.69) is 0 Å². The molecule has 0 bridgehead atoms. The van der Waals surface area contributed by atoms with Crippen LogP contribution < -0.4 is 0 Å². The van der Waals surface area contributed by atoms with Crippen LogP contribution in [0, 0.1) is 5.92 Å². The minimum Gasteiger partial charge on any atom is -0.462 e. The zero-order valence-electron chi connectivity index (χ0n) is 5.18. The second-order valence-electron chi connectivity index (χ2n) is 2.38. The van der Waals surface area contributed by atoms with Crippen LogP contribution in [0.15, 0.2) is 0 Å². The maximum Gasteiger partial charge on any atom is 0.306 e. The van der Waals surface area contributed by atoms with Gasteiger partial charge in [0.2, 0.25) is 0 Å². The van der Waals surface area contributed by atoms with Crippen molar-refractivity contribution in [2.45, 2.75) is 26.4 Å². The van der Waals surface area contributed by atoms with Gasteiger partial charge in [-0.25, -0.2) is 0 Å². The monoisotopic (exact) mass is 114 g/mol. The lowest BCUT2D eigenvalue weighted by molar-refractivity contribution is -0.140. The number of carbonyl (C=O) groups is 1. The van der Waals surface area contributed by atoms with Crippen molar-refractivity contribution in [2.75, 3.05) is 0 Å². The summed E-state index contributed by atoms with van der Waals surface area (Å²) in [6.45, 7) is 3.95. The summed E-state index contributed by atoms with van der Waals surface area (Å²) in [5.74, 6) is 0.368. The second kappa shape index (κ2) is 1.77. The number of hydrogen-bond acceptors (Lipinski definition) is 2. The molecule has 2 heteroatoms. The summed E-state index contributed by atoms with van der Waals surface area (Å²) >= 11 is 0. The van der Waals surface area contributed by atoms with Crippen LogP contribution in [-0.2, 0) is 9.53 Å². The first kappa shape index (κ1) is 5.60. The Balaban J connectivity index is 2.51. The lowest BCUT2D eigenvalue weighted by atomic mass is 10.1. The summed E-state index contributed by atoms with van der Waals surface area (Å²) in [7, 11) is 0. The predicted octanol–water partition coefficient (Wildman–Crippen LogP) is 0.958. The van der Waals surface area contributed by atoms with E-state index < -0.39 is 0 Å². The van der Waals surface area contributed by atoms with E-state index in [-0.39, 0.29) is 12.1 Å². The highest BCUT2D eigenvalue weighted by Gasteiger charge is 2.26. The van der Waals surface area contributed by atoms with Gasteiger partial charge in [0.1, 0.15) is 6.10 Å². The molecular formula is C6H10O2. The molecule has 46 valence electrons. The van der Waals surface area contributed by atoms with Crippen molar-refractivity contribution < 1.29 is 9.53 Å². The first-order valence-electron chi connectivity index (χ1n) is 2.89. The average molecular weight is 114 g/mol. The van der Waals surface area contributed by atoms with Gasteiger partial charge in [0.25, 0.3) is 0 Å². The summed E-state index contributed by atoms with van der Waals surface area (Å²) in [6.07, 6.45) is 0.740. The molecule has 0 spiro atoms. The third-order valence-corrected chi connectivity index (χ3v) is 1.61. The molecule has 1 rings (SSSR count). The second-order valence-corrected chi connectivity index (χ2v) is 2.38. The summed E-state index contributed by atoms with van der Waals surface area (Å²) in [4.78, 5) is 10.4. The van der Waals surface area contributed by atoms with Crippen LogP contribution in [0.1, 0.15) is 20.3 Å². The summed E-state index contributed by atoms with van der Waals surface area (Å²) in [5, 5.41) is 0. The van der Waals surface area contributed by atoms with Crippen LogP contribution in [0.25, 0.3) is 0 Å². The molecule has 2 nitrogen and oxygen atoms in total. The summed E-state index contributed by atoms with van der Waals surface area (Å²) in [5.41, 5.74) is 0. The molecule has 0 aliphatic carbocycles. The van der Waals surface area contributed by atoms with Crippen LogP contribution in [0.3, 0.4) is 0 Å². The molecule has 0 saturated carbocycles.